The molecule has 20 heavy (non-hydrogen) atoms. The van der Waals surface area contributed by atoms with Gasteiger partial charge in [-0.15, -0.1) is 4.91 Å². The van der Waals surface area contributed by atoms with Crippen molar-refractivity contribution in [3.63, 3.8) is 0 Å². The molecule has 0 aliphatic carbocycles. The van der Waals surface area contributed by atoms with E-state index in [9.17, 15) is 9.70 Å². The lowest BCUT2D eigenvalue weighted by Gasteiger charge is -2.06. The van der Waals surface area contributed by atoms with Crippen LogP contribution in [0.25, 0.3) is 22.0 Å². The van der Waals surface area contributed by atoms with E-state index in [4.69, 9.17) is 5.73 Å². The van der Waals surface area contributed by atoms with Crippen LogP contribution in [-0.2, 0) is 0 Å². The van der Waals surface area contributed by atoms with Crippen LogP contribution in [0.1, 0.15) is 0 Å². The minimum absolute atomic E-state index is 0.152. The highest BCUT2D eigenvalue weighted by atomic mass is 16.3. The van der Waals surface area contributed by atoms with Gasteiger partial charge in [-0.25, -0.2) is 5.10 Å². The second kappa shape index (κ2) is 4.58. The first-order valence-electron chi connectivity index (χ1n) is 5.91. The minimum atomic E-state index is -0.256. The van der Waals surface area contributed by atoms with E-state index in [2.05, 4.69) is 15.4 Å². The molecule has 1 heterocycles. The summed E-state index contributed by atoms with van der Waals surface area (Å²) in [5.41, 5.74) is 7.08. The van der Waals surface area contributed by atoms with Crippen molar-refractivity contribution in [2.45, 2.75) is 0 Å². The number of nitrogens with one attached hydrogen (secondary N) is 1. The minimum Gasteiger partial charge on any atom is -0.397 e. The van der Waals surface area contributed by atoms with Crippen LogP contribution < -0.4 is 11.3 Å². The van der Waals surface area contributed by atoms with Crippen molar-refractivity contribution in [3.05, 3.63) is 57.7 Å². The van der Waals surface area contributed by atoms with Crippen molar-refractivity contribution >= 4 is 22.1 Å². The maximum Gasteiger partial charge on any atom is 0.272 e. The number of nitrogens with zero attached hydrogens (tertiary/aromatic N) is 2. The molecule has 0 bridgehead atoms. The number of fused-ring (bicyclic) bond motifs is 1. The molecule has 3 rings (SSSR count). The second-order valence-corrected chi connectivity index (χ2v) is 4.31. The smallest absolute Gasteiger partial charge is 0.272 e. The summed E-state index contributed by atoms with van der Waals surface area (Å²) in [5, 5.41) is 10.6. The first kappa shape index (κ1) is 12.0. The molecule has 0 unspecified atom stereocenters. The first-order valence-corrected chi connectivity index (χ1v) is 5.91. The summed E-state index contributed by atoms with van der Waals surface area (Å²) in [6, 6.07) is 12.0. The van der Waals surface area contributed by atoms with E-state index in [1.54, 1.807) is 36.4 Å². The molecule has 0 atom stereocenters. The predicted molar refractivity (Wildman–Crippen MR) is 77.7 cm³/mol. The Labute approximate surface area is 113 Å². The van der Waals surface area contributed by atoms with Gasteiger partial charge in [0.1, 0.15) is 5.69 Å². The Kier molecular flexibility index (Phi) is 2.76. The fraction of sp³-hybridized carbons (Fsp3) is 0. The number of anilines is 1. The van der Waals surface area contributed by atoms with Crippen molar-refractivity contribution < 1.29 is 0 Å². The van der Waals surface area contributed by atoms with E-state index < -0.39 is 0 Å². The lowest BCUT2D eigenvalue weighted by atomic mass is 10.0. The van der Waals surface area contributed by atoms with E-state index in [0.29, 0.717) is 27.7 Å². The van der Waals surface area contributed by atoms with Crippen LogP contribution in [0.15, 0.2) is 52.4 Å². The van der Waals surface area contributed by atoms with Gasteiger partial charge in [0.15, 0.2) is 0 Å². The number of nitrogens with two attached hydrogens (primary N) is 1. The summed E-state index contributed by atoms with van der Waals surface area (Å²) in [6.07, 6.45) is 0. The molecular formula is C14H10N4O2. The van der Waals surface area contributed by atoms with Gasteiger partial charge in [-0.05, 0) is 23.4 Å². The van der Waals surface area contributed by atoms with E-state index in [0.717, 1.165) is 0 Å². The van der Waals surface area contributed by atoms with Gasteiger partial charge in [-0.3, -0.25) is 4.79 Å². The number of aromatic nitrogens is 2. The molecule has 0 aliphatic rings. The molecule has 0 saturated heterocycles. The van der Waals surface area contributed by atoms with Crippen LogP contribution in [0.4, 0.5) is 11.4 Å². The normalized spacial score (nSPS) is 10.6. The maximum absolute atomic E-state index is 11.7. The highest BCUT2D eigenvalue weighted by Gasteiger charge is 2.10. The van der Waals surface area contributed by atoms with Gasteiger partial charge in [-0.1, -0.05) is 24.3 Å². The van der Waals surface area contributed by atoms with Crippen LogP contribution in [0.3, 0.4) is 0 Å². The SMILES string of the molecule is Nc1ccc(-c2n[nH]c(=O)c3ccccc23)cc1N=O. The average Bonchev–Trinajstić information content (AvgIpc) is 2.49. The number of H-pyrrole nitrogens is 1. The molecule has 0 radical (unpaired) electrons. The van der Waals surface area contributed by atoms with Crippen molar-refractivity contribution in [2.75, 3.05) is 5.73 Å². The first-order chi connectivity index (χ1) is 9.70. The Morgan fingerprint density at radius 1 is 1.10 bits per heavy atom. The molecule has 0 amide bonds. The van der Waals surface area contributed by atoms with Crippen LogP contribution >= 0.6 is 0 Å². The zero-order valence-corrected chi connectivity index (χ0v) is 10.3. The fourth-order valence-corrected chi connectivity index (χ4v) is 2.10. The summed E-state index contributed by atoms with van der Waals surface area (Å²) < 4.78 is 0. The topological polar surface area (TPSA) is 101 Å². The monoisotopic (exact) mass is 266 g/mol. The van der Waals surface area contributed by atoms with Gasteiger partial charge in [0.2, 0.25) is 0 Å². The zero-order valence-electron chi connectivity index (χ0n) is 10.3. The van der Waals surface area contributed by atoms with Crippen LogP contribution in [0.2, 0.25) is 0 Å². The quantitative estimate of drug-likeness (QED) is 0.549. The van der Waals surface area contributed by atoms with Crippen LogP contribution in [0, 0.1) is 4.91 Å². The van der Waals surface area contributed by atoms with Crippen LogP contribution in [-0.4, -0.2) is 10.2 Å². The largest absolute Gasteiger partial charge is 0.397 e. The summed E-state index contributed by atoms with van der Waals surface area (Å²) >= 11 is 0. The van der Waals surface area contributed by atoms with E-state index in [1.165, 1.54) is 0 Å². The Bertz CT molecular complexity index is 870. The molecule has 2 aromatic carbocycles. The molecule has 3 aromatic rings. The summed E-state index contributed by atoms with van der Waals surface area (Å²) in [7, 11) is 0. The zero-order chi connectivity index (χ0) is 14.1. The van der Waals surface area contributed by atoms with Crippen LogP contribution in [0.5, 0.6) is 0 Å². The van der Waals surface area contributed by atoms with Gasteiger partial charge in [0.25, 0.3) is 5.56 Å². The Balaban J connectivity index is 2.33. The number of rotatable bonds is 2. The van der Waals surface area contributed by atoms with Crippen molar-refractivity contribution in [2.24, 2.45) is 5.18 Å². The number of hydrogen-bond acceptors (Lipinski definition) is 5. The number of hydrogen-bond donors (Lipinski definition) is 2. The van der Waals surface area contributed by atoms with Crippen molar-refractivity contribution in [1.29, 1.82) is 0 Å². The van der Waals surface area contributed by atoms with E-state index in [1.807, 2.05) is 6.07 Å². The standard InChI is InChI=1S/C14H10N4O2/c15-11-6-5-8(7-12(11)18-20)13-9-3-1-2-4-10(9)14(19)17-16-13/h1-7H,15H2,(H,17,19). The maximum atomic E-state index is 11.7. The molecule has 1 aromatic heterocycles. The molecule has 0 spiro atoms. The lowest BCUT2D eigenvalue weighted by Crippen LogP contribution is -2.09. The van der Waals surface area contributed by atoms with Crippen molar-refractivity contribution in [3.8, 4) is 11.3 Å². The summed E-state index contributed by atoms with van der Waals surface area (Å²) in [6.45, 7) is 0. The predicted octanol–water partition coefficient (Wildman–Crippen LogP) is 2.57. The molecule has 6 nitrogen and oxygen atoms in total. The Morgan fingerprint density at radius 2 is 1.85 bits per heavy atom. The number of aromatic amines is 1. The molecular weight excluding hydrogens is 256 g/mol. The number of benzene rings is 2. The second-order valence-electron chi connectivity index (χ2n) is 4.31. The van der Waals surface area contributed by atoms with Gasteiger partial charge in [-0.2, -0.15) is 5.10 Å². The molecule has 0 aliphatic heterocycles. The highest BCUT2D eigenvalue weighted by Crippen LogP contribution is 2.30. The van der Waals surface area contributed by atoms with Gasteiger partial charge >= 0.3 is 0 Å². The summed E-state index contributed by atoms with van der Waals surface area (Å²) in [4.78, 5) is 22.5. The molecule has 6 heteroatoms. The van der Waals surface area contributed by atoms with Crippen molar-refractivity contribution in [1.82, 2.24) is 10.2 Å². The van der Waals surface area contributed by atoms with Gasteiger partial charge < -0.3 is 5.73 Å². The molecule has 0 fully saturated rings. The number of nitroso groups, excluding NO2 is 1. The third kappa shape index (κ3) is 1.83. The summed E-state index contributed by atoms with van der Waals surface area (Å²) in [5.74, 6) is 0. The average molecular weight is 266 g/mol. The third-order valence-corrected chi connectivity index (χ3v) is 3.10. The Morgan fingerprint density at radius 3 is 2.60 bits per heavy atom. The highest BCUT2D eigenvalue weighted by molar-refractivity contribution is 5.94. The third-order valence-electron chi connectivity index (χ3n) is 3.10. The molecule has 3 N–H and O–H groups in total. The molecule has 98 valence electrons. The van der Waals surface area contributed by atoms with E-state index >= 15 is 0 Å². The number of nitrogen functional groups attached to an aromatic ring is 1. The fourth-order valence-electron chi connectivity index (χ4n) is 2.10. The van der Waals surface area contributed by atoms with Gasteiger partial charge in [0, 0.05) is 10.9 Å². The molecule has 0 saturated carbocycles. The van der Waals surface area contributed by atoms with Gasteiger partial charge in [0.05, 0.1) is 16.8 Å². The van der Waals surface area contributed by atoms with E-state index in [-0.39, 0.29) is 11.2 Å². The Hall–Kier alpha value is -3.02. The lowest BCUT2D eigenvalue weighted by molar-refractivity contribution is 1.02.